The smallest absolute Gasteiger partial charge is 0.319 e. The highest BCUT2D eigenvalue weighted by molar-refractivity contribution is 9.10. The van der Waals surface area contributed by atoms with Crippen LogP contribution < -0.4 is 24.8 Å². The van der Waals surface area contributed by atoms with Crippen LogP contribution in [0.1, 0.15) is 26.3 Å². The summed E-state index contributed by atoms with van der Waals surface area (Å²) in [7, 11) is 0. The van der Waals surface area contributed by atoms with Gasteiger partial charge in [0.25, 0.3) is 0 Å². The van der Waals surface area contributed by atoms with E-state index in [4.69, 9.17) is 14.2 Å². The molecule has 6 nitrogen and oxygen atoms in total. The van der Waals surface area contributed by atoms with Crippen molar-refractivity contribution < 1.29 is 19.0 Å². The van der Waals surface area contributed by atoms with Gasteiger partial charge >= 0.3 is 6.03 Å². The number of carbonyl (C=O) groups is 1. The summed E-state index contributed by atoms with van der Waals surface area (Å²) in [5.41, 5.74) is 1.73. The van der Waals surface area contributed by atoms with Crippen LogP contribution in [0.4, 0.5) is 10.5 Å². The lowest BCUT2D eigenvalue weighted by Gasteiger charge is -2.17. The molecule has 7 heteroatoms. The van der Waals surface area contributed by atoms with E-state index in [2.05, 4.69) is 26.6 Å². The molecule has 2 aromatic rings. The van der Waals surface area contributed by atoms with Gasteiger partial charge in [-0.2, -0.15) is 0 Å². The molecule has 28 heavy (non-hydrogen) atoms. The van der Waals surface area contributed by atoms with Crippen molar-refractivity contribution in [3.63, 3.8) is 0 Å². The molecule has 0 radical (unpaired) electrons. The van der Waals surface area contributed by atoms with Crippen LogP contribution >= 0.6 is 15.9 Å². The van der Waals surface area contributed by atoms with Gasteiger partial charge in [0.05, 0.1) is 25.5 Å². The average Bonchev–Trinajstić information content (AvgIpc) is 2.66. The molecule has 0 aliphatic carbocycles. The zero-order chi connectivity index (χ0) is 20.4. The maximum Gasteiger partial charge on any atom is 0.319 e. The lowest BCUT2D eigenvalue weighted by Crippen LogP contribution is -2.30. The Hall–Kier alpha value is -2.41. The van der Waals surface area contributed by atoms with Gasteiger partial charge in [0.2, 0.25) is 5.75 Å². The first-order valence-corrected chi connectivity index (χ1v) is 10.2. The summed E-state index contributed by atoms with van der Waals surface area (Å²) in [4.78, 5) is 12.3. The number of carbonyl (C=O) groups excluding carboxylic acids is 1. The van der Waals surface area contributed by atoms with Crippen LogP contribution in [0.25, 0.3) is 0 Å². The largest absolute Gasteiger partial charge is 0.490 e. The number of urea groups is 1. The van der Waals surface area contributed by atoms with Crippen molar-refractivity contribution in [1.29, 1.82) is 0 Å². The van der Waals surface area contributed by atoms with E-state index in [0.29, 0.717) is 49.3 Å². The molecule has 0 aliphatic rings. The number of benzene rings is 2. The van der Waals surface area contributed by atoms with E-state index in [-0.39, 0.29) is 6.03 Å². The van der Waals surface area contributed by atoms with Crippen molar-refractivity contribution in [2.75, 3.05) is 31.7 Å². The predicted molar refractivity (Wildman–Crippen MR) is 115 cm³/mol. The molecule has 0 unspecified atom stereocenters. The van der Waals surface area contributed by atoms with Gasteiger partial charge in [0.1, 0.15) is 0 Å². The molecule has 152 valence electrons. The molecule has 0 bridgehead atoms. The van der Waals surface area contributed by atoms with E-state index in [1.165, 1.54) is 0 Å². The maximum absolute atomic E-state index is 12.3. The number of anilines is 1. The van der Waals surface area contributed by atoms with Gasteiger partial charge in [-0.05, 0) is 44.9 Å². The number of hydrogen-bond donors (Lipinski definition) is 2. The first kappa shape index (κ1) is 21.9. The molecule has 0 fully saturated rings. The number of rotatable bonds is 10. The molecule has 0 aromatic heterocycles. The first-order valence-electron chi connectivity index (χ1n) is 9.43. The number of nitrogens with one attached hydrogen (secondary N) is 2. The molecule has 0 spiro atoms. The Morgan fingerprint density at radius 3 is 2.04 bits per heavy atom. The molecule has 2 N–H and O–H groups in total. The second-order valence-electron chi connectivity index (χ2n) is 5.86. The minimum Gasteiger partial charge on any atom is -0.490 e. The van der Waals surface area contributed by atoms with E-state index in [1.54, 1.807) is 12.1 Å². The van der Waals surface area contributed by atoms with Crippen molar-refractivity contribution >= 4 is 27.6 Å². The number of hydrogen-bond acceptors (Lipinski definition) is 4. The van der Waals surface area contributed by atoms with Crippen LogP contribution in [-0.4, -0.2) is 32.4 Å². The van der Waals surface area contributed by atoms with Gasteiger partial charge < -0.3 is 24.8 Å². The normalized spacial score (nSPS) is 10.3. The van der Waals surface area contributed by atoms with Crippen molar-refractivity contribution in [3.05, 3.63) is 46.4 Å². The molecule has 0 aliphatic heterocycles. The van der Waals surface area contributed by atoms with Crippen molar-refractivity contribution in [3.8, 4) is 17.2 Å². The zero-order valence-corrected chi connectivity index (χ0v) is 18.1. The standard InChI is InChI=1S/C21H27BrN2O4/c1-4-26-18-13-17(14-19(27-5-2)20(18)28-6-3)24-21(25)23-12-11-15-7-9-16(22)10-8-15/h7-10,13-14H,4-6,11-12H2,1-3H3,(H2,23,24,25). The fraction of sp³-hybridized carbons (Fsp3) is 0.381. The Bertz CT molecular complexity index is 738. The quantitative estimate of drug-likeness (QED) is 0.533. The van der Waals surface area contributed by atoms with E-state index >= 15 is 0 Å². The van der Waals surface area contributed by atoms with Crippen LogP contribution in [0, 0.1) is 0 Å². The minimum atomic E-state index is -0.286. The number of halogens is 1. The highest BCUT2D eigenvalue weighted by Gasteiger charge is 2.16. The van der Waals surface area contributed by atoms with Gasteiger partial charge in [-0.3, -0.25) is 0 Å². The lowest BCUT2D eigenvalue weighted by atomic mass is 10.1. The molecule has 2 rings (SSSR count). The molecule has 0 saturated carbocycles. The molecule has 0 heterocycles. The van der Waals surface area contributed by atoms with Gasteiger partial charge in [-0.1, -0.05) is 28.1 Å². The second-order valence-corrected chi connectivity index (χ2v) is 6.77. The molecule has 0 saturated heterocycles. The van der Waals surface area contributed by atoms with Crippen LogP contribution in [0.5, 0.6) is 17.2 Å². The van der Waals surface area contributed by atoms with E-state index in [0.717, 1.165) is 16.5 Å². The highest BCUT2D eigenvalue weighted by atomic mass is 79.9. The van der Waals surface area contributed by atoms with Gasteiger partial charge in [0.15, 0.2) is 11.5 Å². The fourth-order valence-electron chi connectivity index (χ4n) is 2.61. The van der Waals surface area contributed by atoms with Gasteiger partial charge in [0, 0.05) is 23.2 Å². The van der Waals surface area contributed by atoms with Gasteiger partial charge in [-0.25, -0.2) is 4.79 Å². The van der Waals surface area contributed by atoms with E-state index in [9.17, 15) is 4.79 Å². The Kier molecular flexibility index (Phi) is 8.94. The summed E-state index contributed by atoms with van der Waals surface area (Å²) in [5, 5.41) is 5.69. The van der Waals surface area contributed by atoms with Crippen molar-refractivity contribution in [1.82, 2.24) is 5.32 Å². The monoisotopic (exact) mass is 450 g/mol. The van der Waals surface area contributed by atoms with Crippen molar-refractivity contribution in [2.24, 2.45) is 0 Å². The summed E-state index contributed by atoms with van der Waals surface area (Å²) in [6.45, 7) is 7.67. The van der Waals surface area contributed by atoms with E-state index < -0.39 is 0 Å². The van der Waals surface area contributed by atoms with Crippen LogP contribution in [0.2, 0.25) is 0 Å². The summed E-state index contributed by atoms with van der Waals surface area (Å²) >= 11 is 3.41. The highest BCUT2D eigenvalue weighted by Crippen LogP contribution is 2.40. The van der Waals surface area contributed by atoms with E-state index in [1.807, 2.05) is 45.0 Å². The Morgan fingerprint density at radius 2 is 1.50 bits per heavy atom. The summed E-state index contributed by atoms with van der Waals surface area (Å²) in [5.74, 6) is 1.63. The predicted octanol–water partition coefficient (Wildman–Crippen LogP) is 5.01. The zero-order valence-electron chi connectivity index (χ0n) is 16.5. The lowest BCUT2D eigenvalue weighted by molar-refractivity contribution is 0.252. The number of ether oxygens (including phenoxy) is 3. The summed E-state index contributed by atoms with van der Waals surface area (Å²) in [6.07, 6.45) is 0.748. The molecular weight excluding hydrogens is 424 g/mol. The number of amides is 2. The first-order chi connectivity index (χ1) is 13.6. The van der Waals surface area contributed by atoms with Gasteiger partial charge in [-0.15, -0.1) is 0 Å². The molecular formula is C21H27BrN2O4. The summed E-state index contributed by atoms with van der Waals surface area (Å²) < 4.78 is 18.0. The summed E-state index contributed by atoms with van der Waals surface area (Å²) in [6, 6.07) is 11.2. The Balaban J connectivity index is 2.02. The van der Waals surface area contributed by atoms with Crippen molar-refractivity contribution in [2.45, 2.75) is 27.2 Å². The minimum absolute atomic E-state index is 0.286. The topological polar surface area (TPSA) is 68.8 Å². The van der Waals surface area contributed by atoms with Crippen LogP contribution in [0.15, 0.2) is 40.9 Å². The van der Waals surface area contributed by atoms with Crippen LogP contribution in [-0.2, 0) is 6.42 Å². The third kappa shape index (κ3) is 6.64. The third-order valence-corrected chi connectivity index (χ3v) is 4.31. The maximum atomic E-state index is 12.3. The molecule has 2 amide bonds. The average molecular weight is 451 g/mol. The fourth-order valence-corrected chi connectivity index (χ4v) is 2.87. The Morgan fingerprint density at radius 1 is 0.929 bits per heavy atom. The molecule has 0 atom stereocenters. The third-order valence-electron chi connectivity index (χ3n) is 3.78. The molecule has 2 aromatic carbocycles. The Labute approximate surface area is 174 Å². The second kappa shape index (κ2) is 11.4. The van der Waals surface area contributed by atoms with Crippen LogP contribution in [0.3, 0.4) is 0 Å². The SMILES string of the molecule is CCOc1cc(NC(=O)NCCc2ccc(Br)cc2)cc(OCC)c1OCC.